The minimum Gasteiger partial charge on any atom is -0.478 e. The van der Waals surface area contributed by atoms with Crippen LogP contribution in [0.15, 0.2) is 12.1 Å². The van der Waals surface area contributed by atoms with Gasteiger partial charge in [0.25, 0.3) is 0 Å². The highest BCUT2D eigenvalue weighted by atomic mass is 35.5. The fraction of sp³-hybridized carbons (Fsp3) is 0.125. The maximum absolute atomic E-state index is 10.4. The summed E-state index contributed by atoms with van der Waals surface area (Å²) >= 11 is 12.8. The molecule has 70 valence electrons. The van der Waals surface area contributed by atoms with E-state index in [1.54, 1.807) is 13.0 Å². The number of hydrogen-bond acceptors (Lipinski definition) is 2. The predicted molar refractivity (Wildman–Crippen MR) is 55.6 cm³/mol. The SMILES string of the molecule is C/C(=C/C(=O)O)c1cc(Cl)sc1Cl. The van der Waals surface area contributed by atoms with Gasteiger partial charge in [-0.05, 0) is 18.6 Å². The van der Waals surface area contributed by atoms with E-state index in [1.165, 1.54) is 11.3 Å². The summed E-state index contributed by atoms with van der Waals surface area (Å²) in [6.07, 6.45) is 1.10. The molecule has 0 amide bonds. The minimum atomic E-state index is -0.990. The number of allylic oxidation sites excluding steroid dienone is 1. The molecule has 0 radical (unpaired) electrons. The molecule has 5 heteroatoms. The van der Waals surface area contributed by atoms with Gasteiger partial charge in [-0.1, -0.05) is 23.2 Å². The number of carboxylic acids is 1. The lowest BCUT2D eigenvalue weighted by atomic mass is 10.1. The molecule has 1 aromatic rings. The molecular formula is C8H6Cl2O2S. The number of carboxylic acid groups (broad SMARTS) is 1. The molecular weight excluding hydrogens is 231 g/mol. The van der Waals surface area contributed by atoms with Crippen LogP contribution in [-0.4, -0.2) is 11.1 Å². The van der Waals surface area contributed by atoms with Crippen LogP contribution in [0.5, 0.6) is 0 Å². The monoisotopic (exact) mass is 236 g/mol. The van der Waals surface area contributed by atoms with E-state index in [9.17, 15) is 4.79 Å². The summed E-state index contributed by atoms with van der Waals surface area (Å²) in [6.45, 7) is 1.68. The highest BCUT2D eigenvalue weighted by molar-refractivity contribution is 7.20. The van der Waals surface area contributed by atoms with Gasteiger partial charge in [0.05, 0.1) is 4.34 Å². The van der Waals surface area contributed by atoms with Gasteiger partial charge in [-0.2, -0.15) is 0 Å². The van der Waals surface area contributed by atoms with Crippen LogP contribution in [0.4, 0.5) is 0 Å². The van der Waals surface area contributed by atoms with Crippen LogP contribution < -0.4 is 0 Å². The van der Waals surface area contributed by atoms with E-state index in [2.05, 4.69) is 0 Å². The molecule has 13 heavy (non-hydrogen) atoms. The molecule has 0 atom stereocenters. The number of hydrogen-bond donors (Lipinski definition) is 1. The fourth-order valence-electron chi connectivity index (χ4n) is 0.872. The van der Waals surface area contributed by atoms with Crippen molar-refractivity contribution < 1.29 is 9.90 Å². The average molecular weight is 237 g/mol. The van der Waals surface area contributed by atoms with Crippen LogP contribution in [0, 0.1) is 0 Å². The van der Waals surface area contributed by atoms with E-state index >= 15 is 0 Å². The lowest BCUT2D eigenvalue weighted by molar-refractivity contribution is -0.131. The fourth-order valence-corrected chi connectivity index (χ4v) is 2.46. The second kappa shape index (κ2) is 4.13. The standard InChI is InChI=1S/C8H6Cl2O2S/c1-4(2-7(11)12)5-3-6(9)13-8(5)10/h2-3H,1H3,(H,11,12)/b4-2-. The maximum Gasteiger partial charge on any atom is 0.328 e. The summed E-state index contributed by atoms with van der Waals surface area (Å²) in [7, 11) is 0. The second-order valence-corrected chi connectivity index (χ2v) is 4.69. The maximum atomic E-state index is 10.4. The van der Waals surface area contributed by atoms with E-state index in [4.69, 9.17) is 28.3 Å². The van der Waals surface area contributed by atoms with Crippen molar-refractivity contribution >= 4 is 46.1 Å². The number of thiophene rings is 1. The highest BCUT2D eigenvalue weighted by Gasteiger charge is 2.08. The minimum absolute atomic E-state index is 0.514. The van der Waals surface area contributed by atoms with E-state index in [-0.39, 0.29) is 0 Å². The summed E-state index contributed by atoms with van der Waals surface area (Å²) in [5.74, 6) is -0.990. The lowest BCUT2D eigenvalue weighted by Crippen LogP contribution is -1.89. The van der Waals surface area contributed by atoms with Gasteiger partial charge in [0.1, 0.15) is 4.34 Å². The number of aliphatic carboxylic acids is 1. The Morgan fingerprint density at radius 1 is 1.62 bits per heavy atom. The average Bonchev–Trinajstić information content (AvgIpc) is 2.28. The first-order valence-corrected chi connectivity index (χ1v) is 4.94. The smallest absolute Gasteiger partial charge is 0.328 e. The zero-order valence-corrected chi connectivity index (χ0v) is 9.00. The summed E-state index contributed by atoms with van der Waals surface area (Å²) in [6, 6.07) is 1.66. The Morgan fingerprint density at radius 3 is 2.62 bits per heavy atom. The Kier molecular flexibility index (Phi) is 3.36. The van der Waals surface area contributed by atoms with Crippen LogP contribution in [0.2, 0.25) is 8.67 Å². The molecule has 0 aliphatic carbocycles. The Balaban J connectivity index is 3.08. The van der Waals surface area contributed by atoms with Crippen molar-refractivity contribution in [2.24, 2.45) is 0 Å². The molecule has 1 rings (SSSR count). The van der Waals surface area contributed by atoms with Crippen LogP contribution in [0.1, 0.15) is 12.5 Å². The number of carbonyl (C=O) groups is 1. The first-order chi connectivity index (χ1) is 6.00. The lowest BCUT2D eigenvalue weighted by Gasteiger charge is -1.95. The third-order valence-corrected chi connectivity index (χ3v) is 2.91. The third-order valence-electron chi connectivity index (χ3n) is 1.42. The van der Waals surface area contributed by atoms with Crippen molar-refractivity contribution in [1.29, 1.82) is 0 Å². The largest absolute Gasteiger partial charge is 0.478 e. The molecule has 0 fully saturated rings. The van der Waals surface area contributed by atoms with Gasteiger partial charge < -0.3 is 5.11 Å². The Morgan fingerprint density at radius 2 is 2.23 bits per heavy atom. The van der Waals surface area contributed by atoms with E-state index in [0.717, 1.165) is 6.08 Å². The molecule has 1 N–H and O–H groups in total. The van der Waals surface area contributed by atoms with Gasteiger partial charge in [0.2, 0.25) is 0 Å². The van der Waals surface area contributed by atoms with Crippen molar-refractivity contribution in [3.63, 3.8) is 0 Å². The van der Waals surface area contributed by atoms with E-state index in [0.29, 0.717) is 19.8 Å². The molecule has 0 aliphatic rings. The first kappa shape index (κ1) is 10.6. The summed E-state index contributed by atoms with van der Waals surface area (Å²) in [5.41, 5.74) is 1.28. The van der Waals surface area contributed by atoms with Gasteiger partial charge >= 0.3 is 5.97 Å². The van der Waals surface area contributed by atoms with Gasteiger partial charge in [-0.3, -0.25) is 0 Å². The first-order valence-electron chi connectivity index (χ1n) is 3.37. The van der Waals surface area contributed by atoms with E-state index < -0.39 is 5.97 Å². The van der Waals surface area contributed by atoms with Crippen LogP contribution in [0.3, 0.4) is 0 Å². The van der Waals surface area contributed by atoms with Gasteiger partial charge in [0, 0.05) is 11.6 Å². The highest BCUT2D eigenvalue weighted by Crippen LogP contribution is 2.35. The molecule has 1 heterocycles. The van der Waals surface area contributed by atoms with Crippen molar-refractivity contribution in [3.8, 4) is 0 Å². The van der Waals surface area contributed by atoms with Crippen molar-refractivity contribution in [1.82, 2.24) is 0 Å². The van der Waals surface area contributed by atoms with Crippen molar-refractivity contribution in [3.05, 3.63) is 26.4 Å². The topological polar surface area (TPSA) is 37.3 Å². The van der Waals surface area contributed by atoms with Crippen LogP contribution >= 0.6 is 34.5 Å². The molecule has 0 unspecified atom stereocenters. The molecule has 0 aromatic carbocycles. The molecule has 1 aromatic heterocycles. The molecule has 0 saturated heterocycles. The van der Waals surface area contributed by atoms with Crippen molar-refractivity contribution in [2.75, 3.05) is 0 Å². The normalized spacial score (nSPS) is 11.8. The Hall–Kier alpha value is -0.510. The van der Waals surface area contributed by atoms with Gasteiger partial charge in [0.15, 0.2) is 0 Å². The van der Waals surface area contributed by atoms with E-state index in [1.807, 2.05) is 0 Å². The number of halogens is 2. The zero-order chi connectivity index (χ0) is 10.0. The molecule has 0 aliphatic heterocycles. The molecule has 0 saturated carbocycles. The van der Waals surface area contributed by atoms with Gasteiger partial charge in [-0.25, -0.2) is 4.79 Å². The molecule has 0 bridgehead atoms. The summed E-state index contributed by atoms with van der Waals surface area (Å²) < 4.78 is 1.07. The Bertz CT molecular complexity index is 368. The molecule has 2 nitrogen and oxygen atoms in total. The second-order valence-electron chi connectivity index (χ2n) is 2.40. The number of rotatable bonds is 2. The predicted octanol–water partition coefficient (Wildman–Crippen LogP) is 3.54. The van der Waals surface area contributed by atoms with Crippen LogP contribution in [0.25, 0.3) is 5.57 Å². The van der Waals surface area contributed by atoms with Crippen LogP contribution in [-0.2, 0) is 4.79 Å². The molecule has 0 spiro atoms. The summed E-state index contributed by atoms with van der Waals surface area (Å²) in [5, 5.41) is 8.49. The quantitative estimate of drug-likeness (QED) is 0.798. The summed E-state index contributed by atoms with van der Waals surface area (Å²) in [4.78, 5) is 10.4. The Labute approximate surface area is 89.4 Å². The van der Waals surface area contributed by atoms with Crippen molar-refractivity contribution in [2.45, 2.75) is 6.92 Å². The van der Waals surface area contributed by atoms with Gasteiger partial charge in [-0.15, -0.1) is 11.3 Å². The third kappa shape index (κ3) is 2.72. The zero-order valence-electron chi connectivity index (χ0n) is 6.67.